The molecule has 0 spiro atoms. The molecule has 2 rings (SSSR count). The summed E-state index contributed by atoms with van der Waals surface area (Å²) in [5.41, 5.74) is 8.96. The smallest absolute Gasteiger partial charge is 0.249 e. The number of benzene rings is 1. The van der Waals surface area contributed by atoms with E-state index in [4.69, 9.17) is 10.8 Å². The molecule has 0 fully saturated rings. The van der Waals surface area contributed by atoms with Gasteiger partial charge >= 0.3 is 0 Å². The molecule has 1 aromatic rings. The summed E-state index contributed by atoms with van der Waals surface area (Å²) in [6.07, 6.45) is 0. The summed E-state index contributed by atoms with van der Waals surface area (Å²) in [6.45, 7) is -0.256. The maximum absolute atomic E-state index is 11.3. The Hall–Kier alpha value is -1.75. The molecule has 1 unspecified atom stereocenters. The molecule has 1 atom stereocenters. The van der Waals surface area contributed by atoms with E-state index in [1.807, 2.05) is 0 Å². The highest BCUT2D eigenvalue weighted by atomic mass is 16.3. The predicted molar refractivity (Wildman–Crippen MR) is 52.3 cm³/mol. The molecule has 4 N–H and O–H groups in total. The minimum absolute atomic E-state index is 0.256. The largest absolute Gasteiger partial charge is 0.394 e. The van der Waals surface area contributed by atoms with Crippen molar-refractivity contribution in [3.63, 3.8) is 0 Å². The van der Waals surface area contributed by atoms with Crippen LogP contribution in [0.15, 0.2) is 18.2 Å². The van der Waals surface area contributed by atoms with Crippen LogP contribution < -0.4 is 16.4 Å². The molecule has 0 aromatic heterocycles. The number of carbonyl (C=O) groups excluding carboxylic acids is 1. The lowest BCUT2D eigenvalue weighted by Gasteiger charge is -2.25. The number of aliphatic hydroxyl groups is 1. The fraction of sp³-hybridized carbons (Fsp3) is 0.222. The average molecular weight is 192 g/mol. The normalized spacial score (nSPS) is 19.5. The molecule has 0 saturated carbocycles. The first-order valence-corrected chi connectivity index (χ1v) is 4.25. The third-order valence-electron chi connectivity index (χ3n) is 2.14. The lowest BCUT2D eigenvalue weighted by atomic mass is 10.1. The van der Waals surface area contributed by atoms with Crippen LogP contribution in [-0.2, 0) is 4.79 Å². The van der Waals surface area contributed by atoms with Crippen molar-refractivity contribution in [2.75, 3.05) is 17.2 Å². The number of fused-ring (bicyclic) bond motifs is 1. The van der Waals surface area contributed by atoms with Gasteiger partial charge in [-0.2, -0.15) is 0 Å². The van der Waals surface area contributed by atoms with Gasteiger partial charge in [0.2, 0.25) is 5.91 Å². The van der Waals surface area contributed by atoms with Crippen LogP contribution in [0.2, 0.25) is 0 Å². The number of anilines is 2. The minimum Gasteiger partial charge on any atom is -0.394 e. The van der Waals surface area contributed by atoms with Gasteiger partial charge in [0.05, 0.1) is 23.7 Å². The number of hydrogen-bond donors (Lipinski definition) is 3. The number of amides is 1. The minimum atomic E-state index is -0.621. The standard InChI is InChI=1S/C9H10N3O2/c10-5-2-1-3-6-8(5)12-9(14)7(4-13)11-6/h1-3,7,10-11,13H,4H2,(H,12,14). The number of nitrogens with one attached hydrogen (secondary N) is 3. The molecule has 1 aromatic carbocycles. The quantitative estimate of drug-likeness (QED) is 0.599. The fourth-order valence-corrected chi connectivity index (χ4v) is 1.40. The molecule has 1 heterocycles. The molecule has 1 aliphatic heterocycles. The zero-order valence-electron chi connectivity index (χ0n) is 7.37. The zero-order chi connectivity index (χ0) is 10.1. The second-order valence-corrected chi connectivity index (χ2v) is 3.10. The van der Waals surface area contributed by atoms with E-state index in [9.17, 15) is 4.79 Å². The lowest BCUT2D eigenvalue weighted by molar-refractivity contribution is -0.117. The third-order valence-corrected chi connectivity index (χ3v) is 2.14. The van der Waals surface area contributed by atoms with Crippen LogP contribution in [0, 0.1) is 0 Å². The van der Waals surface area contributed by atoms with Crippen LogP contribution in [0.1, 0.15) is 0 Å². The second kappa shape index (κ2) is 3.19. The van der Waals surface area contributed by atoms with Crippen molar-refractivity contribution in [2.24, 2.45) is 0 Å². The van der Waals surface area contributed by atoms with E-state index >= 15 is 0 Å². The Labute approximate surface area is 80.9 Å². The topological polar surface area (TPSA) is 85.2 Å². The van der Waals surface area contributed by atoms with E-state index in [0.717, 1.165) is 0 Å². The van der Waals surface area contributed by atoms with Gasteiger partial charge in [-0.3, -0.25) is 10.5 Å². The number of carbonyl (C=O) groups is 1. The fourth-order valence-electron chi connectivity index (χ4n) is 1.40. The van der Waals surface area contributed by atoms with Crippen LogP contribution in [-0.4, -0.2) is 23.7 Å². The Bertz CT molecular complexity index is 378. The molecule has 1 radical (unpaired) electrons. The Morgan fingerprint density at radius 2 is 2.29 bits per heavy atom. The molecule has 5 nitrogen and oxygen atoms in total. The maximum atomic E-state index is 11.3. The van der Waals surface area contributed by atoms with Gasteiger partial charge in [-0.1, -0.05) is 6.07 Å². The van der Waals surface area contributed by atoms with E-state index in [2.05, 4.69) is 10.6 Å². The highest BCUT2D eigenvalue weighted by molar-refractivity contribution is 6.05. The van der Waals surface area contributed by atoms with Crippen molar-refractivity contribution < 1.29 is 9.90 Å². The molecular formula is C9H10N3O2. The van der Waals surface area contributed by atoms with Gasteiger partial charge in [0.1, 0.15) is 6.04 Å². The van der Waals surface area contributed by atoms with Crippen LogP contribution in [0.5, 0.6) is 0 Å². The van der Waals surface area contributed by atoms with E-state index in [1.54, 1.807) is 18.2 Å². The summed E-state index contributed by atoms with van der Waals surface area (Å²) in [7, 11) is 0. The molecule has 5 heteroatoms. The average Bonchev–Trinajstić information content (AvgIpc) is 2.19. The molecule has 1 aliphatic rings. The van der Waals surface area contributed by atoms with Gasteiger partial charge in [-0.15, -0.1) is 0 Å². The van der Waals surface area contributed by atoms with Crippen LogP contribution in [0.25, 0.3) is 0 Å². The van der Waals surface area contributed by atoms with Gasteiger partial charge in [-0.25, -0.2) is 0 Å². The van der Waals surface area contributed by atoms with E-state index in [1.165, 1.54) is 0 Å². The Morgan fingerprint density at radius 3 is 3.00 bits per heavy atom. The second-order valence-electron chi connectivity index (χ2n) is 3.10. The van der Waals surface area contributed by atoms with Crippen molar-refractivity contribution in [2.45, 2.75) is 6.04 Å². The van der Waals surface area contributed by atoms with Gasteiger partial charge in [0, 0.05) is 0 Å². The lowest BCUT2D eigenvalue weighted by Crippen LogP contribution is -2.41. The first-order valence-electron chi connectivity index (χ1n) is 4.25. The Kier molecular flexibility index (Phi) is 2.01. The van der Waals surface area contributed by atoms with Crippen LogP contribution in [0.4, 0.5) is 17.1 Å². The summed E-state index contributed by atoms with van der Waals surface area (Å²) in [6, 6.07) is 4.46. The van der Waals surface area contributed by atoms with E-state index in [-0.39, 0.29) is 18.2 Å². The van der Waals surface area contributed by atoms with Crippen molar-refractivity contribution >= 4 is 23.0 Å². The van der Waals surface area contributed by atoms with E-state index in [0.29, 0.717) is 11.4 Å². The summed E-state index contributed by atoms with van der Waals surface area (Å²) >= 11 is 0. The van der Waals surface area contributed by atoms with Gasteiger partial charge < -0.3 is 15.7 Å². The third kappa shape index (κ3) is 1.27. The number of rotatable bonds is 1. The molecular weight excluding hydrogens is 182 g/mol. The van der Waals surface area contributed by atoms with Crippen molar-refractivity contribution in [3.05, 3.63) is 18.2 Å². The highest BCUT2D eigenvalue weighted by Gasteiger charge is 2.25. The molecule has 73 valence electrons. The predicted octanol–water partition coefficient (Wildman–Crippen LogP) is 0.326. The van der Waals surface area contributed by atoms with Crippen molar-refractivity contribution in [1.82, 2.24) is 5.73 Å². The molecule has 0 bridgehead atoms. The summed E-state index contributed by atoms with van der Waals surface area (Å²) < 4.78 is 0. The summed E-state index contributed by atoms with van der Waals surface area (Å²) in [5.74, 6) is -0.306. The number of para-hydroxylation sites is 1. The summed E-state index contributed by atoms with van der Waals surface area (Å²) in [5, 5.41) is 14.3. The van der Waals surface area contributed by atoms with Gasteiger partial charge in [0.15, 0.2) is 0 Å². The number of hydrogen-bond acceptors (Lipinski definition) is 3. The maximum Gasteiger partial charge on any atom is 0.249 e. The Morgan fingerprint density at radius 1 is 1.50 bits per heavy atom. The molecule has 14 heavy (non-hydrogen) atoms. The summed E-state index contributed by atoms with van der Waals surface area (Å²) in [4.78, 5) is 11.3. The van der Waals surface area contributed by atoms with E-state index < -0.39 is 6.04 Å². The first kappa shape index (κ1) is 8.83. The molecule has 0 aliphatic carbocycles. The zero-order valence-corrected chi connectivity index (χ0v) is 7.37. The van der Waals surface area contributed by atoms with Gasteiger partial charge in [0.25, 0.3) is 0 Å². The Balaban J connectivity index is 2.40. The molecule has 0 saturated heterocycles. The molecule has 1 amide bonds. The highest BCUT2D eigenvalue weighted by Crippen LogP contribution is 2.32. The van der Waals surface area contributed by atoms with Crippen molar-refractivity contribution in [1.29, 1.82) is 0 Å². The first-order chi connectivity index (χ1) is 6.72. The SMILES string of the molecule is [NH]c1cccc2c1NC(=O)C(CO)N2. The monoisotopic (exact) mass is 192 g/mol. The van der Waals surface area contributed by atoms with Crippen LogP contribution in [0.3, 0.4) is 0 Å². The number of aliphatic hydroxyl groups excluding tert-OH is 1. The van der Waals surface area contributed by atoms with Crippen molar-refractivity contribution in [3.8, 4) is 0 Å². The van der Waals surface area contributed by atoms with Crippen LogP contribution >= 0.6 is 0 Å². The van der Waals surface area contributed by atoms with Gasteiger partial charge in [-0.05, 0) is 12.1 Å².